The van der Waals surface area contributed by atoms with Crippen LogP contribution < -0.4 is 5.32 Å². The number of rotatable bonds is 7. The zero-order chi connectivity index (χ0) is 15.3. The molecule has 1 N–H and O–H groups in total. The van der Waals surface area contributed by atoms with Crippen LogP contribution in [0.15, 0.2) is 29.2 Å². The summed E-state index contributed by atoms with van der Waals surface area (Å²) < 4.78 is 23.2. The molecule has 1 aromatic carbocycles. The van der Waals surface area contributed by atoms with Crippen LogP contribution in [0.25, 0.3) is 0 Å². The van der Waals surface area contributed by atoms with Gasteiger partial charge in [-0.25, -0.2) is 8.42 Å². The maximum atomic E-state index is 11.6. The third-order valence-electron chi connectivity index (χ3n) is 3.56. The number of hydrogen-bond acceptors (Lipinski definition) is 3. The summed E-state index contributed by atoms with van der Waals surface area (Å²) >= 11 is 0. The van der Waals surface area contributed by atoms with Crippen molar-refractivity contribution in [3.8, 4) is 0 Å². The molecule has 0 saturated carbocycles. The first-order valence-corrected chi connectivity index (χ1v) is 9.11. The van der Waals surface area contributed by atoms with Crippen molar-refractivity contribution in [2.75, 3.05) is 12.8 Å². The predicted octanol–water partition coefficient (Wildman–Crippen LogP) is 2.90. The summed E-state index contributed by atoms with van der Waals surface area (Å²) in [5, 5.41) is 3.47. The van der Waals surface area contributed by atoms with Crippen LogP contribution in [-0.2, 0) is 16.3 Å². The first-order chi connectivity index (χ1) is 9.20. The summed E-state index contributed by atoms with van der Waals surface area (Å²) in [6.45, 7) is 9.67. The van der Waals surface area contributed by atoms with Crippen molar-refractivity contribution in [2.24, 2.45) is 11.8 Å². The second-order valence-corrected chi connectivity index (χ2v) is 8.21. The Hall–Kier alpha value is -0.870. The van der Waals surface area contributed by atoms with E-state index in [4.69, 9.17) is 0 Å². The van der Waals surface area contributed by atoms with Crippen molar-refractivity contribution in [2.45, 2.75) is 45.1 Å². The molecule has 1 atom stereocenters. The molecular weight excluding hydrogens is 270 g/mol. The first kappa shape index (κ1) is 17.2. The summed E-state index contributed by atoms with van der Waals surface area (Å²) in [5.41, 5.74) is 1.09. The van der Waals surface area contributed by atoms with Gasteiger partial charge in [0.15, 0.2) is 9.84 Å². The topological polar surface area (TPSA) is 46.2 Å². The van der Waals surface area contributed by atoms with E-state index in [1.165, 1.54) is 6.26 Å². The minimum atomic E-state index is -3.12. The molecule has 0 aliphatic rings. The predicted molar refractivity (Wildman–Crippen MR) is 84.7 cm³/mol. The van der Waals surface area contributed by atoms with Crippen LogP contribution in [0.1, 0.15) is 33.3 Å². The van der Waals surface area contributed by atoms with E-state index in [1.54, 1.807) is 12.1 Å². The van der Waals surface area contributed by atoms with Gasteiger partial charge in [0.05, 0.1) is 4.90 Å². The second kappa shape index (κ2) is 7.23. The van der Waals surface area contributed by atoms with Gasteiger partial charge in [0.2, 0.25) is 0 Å². The lowest BCUT2D eigenvalue weighted by atomic mass is 9.89. The number of hydrogen-bond donors (Lipinski definition) is 1. The summed E-state index contributed by atoms with van der Waals surface area (Å²) in [4.78, 5) is 0.411. The molecule has 0 amide bonds. The van der Waals surface area contributed by atoms with Gasteiger partial charge in [-0.1, -0.05) is 39.8 Å². The molecule has 1 unspecified atom stereocenters. The Morgan fingerprint density at radius 2 is 1.80 bits per heavy atom. The smallest absolute Gasteiger partial charge is 0.175 e. The lowest BCUT2D eigenvalue weighted by molar-refractivity contribution is 0.349. The molecule has 3 nitrogen and oxygen atoms in total. The first-order valence-electron chi connectivity index (χ1n) is 7.22. The van der Waals surface area contributed by atoms with Gasteiger partial charge in [0, 0.05) is 12.3 Å². The molecule has 0 bridgehead atoms. The van der Waals surface area contributed by atoms with Gasteiger partial charge in [-0.3, -0.25) is 0 Å². The van der Waals surface area contributed by atoms with Gasteiger partial charge in [0.1, 0.15) is 0 Å². The van der Waals surface area contributed by atoms with E-state index < -0.39 is 9.84 Å². The Labute approximate surface area is 123 Å². The maximum absolute atomic E-state index is 11.6. The molecule has 1 aromatic rings. The van der Waals surface area contributed by atoms with Crippen molar-refractivity contribution in [3.05, 3.63) is 29.8 Å². The average Bonchev–Trinajstić information content (AvgIpc) is 2.33. The fourth-order valence-corrected chi connectivity index (χ4v) is 2.83. The van der Waals surface area contributed by atoms with Gasteiger partial charge < -0.3 is 5.32 Å². The third-order valence-corrected chi connectivity index (χ3v) is 4.67. The third kappa shape index (κ3) is 5.63. The number of nitrogens with one attached hydrogen (secondary N) is 1. The molecule has 0 saturated heterocycles. The Morgan fingerprint density at radius 3 is 2.30 bits per heavy atom. The minimum Gasteiger partial charge on any atom is -0.314 e. The molecule has 0 heterocycles. The van der Waals surface area contributed by atoms with Crippen molar-refractivity contribution in [1.29, 1.82) is 0 Å². The lowest BCUT2D eigenvalue weighted by Gasteiger charge is -2.23. The molecule has 1 rings (SSSR count). The van der Waals surface area contributed by atoms with Crippen molar-refractivity contribution in [1.82, 2.24) is 5.32 Å². The van der Waals surface area contributed by atoms with Crippen LogP contribution in [0.3, 0.4) is 0 Å². The zero-order valence-electron chi connectivity index (χ0n) is 13.2. The fraction of sp³-hybridized carbons (Fsp3) is 0.625. The summed E-state index contributed by atoms with van der Waals surface area (Å²) in [6.07, 6.45) is 2.16. The van der Waals surface area contributed by atoms with E-state index in [0.717, 1.165) is 18.5 Å². The zero-order valence-corrected chi connectivity index (χ0v) is 14.0. The Bertz CT molecular complexity index is 521. The monoisotopic (exact) mass is 297 g/mol. The van der Waals surface area contributed by atoms with Gasteiger partial charge in [0.25, 0.3) is 0 Å². The normalized spacial score (nSPS) is 13.9. The highest BCUT2D eigenvalue weighted by Crippen LogP contribution is 2.19. The Balaban J connectivity index is 2.83. The van der Waals surface area contributed by atoms with E-state index >= 15 is 0 Å². The summed E-state index contributed by atoms with van der Waals surface area (Å²) in [7, 11) is -3.12. The minimum absolute atomic E-state index is 0.411. The van der Waals surface area contributed by atoms with Crippen LogP contribution in [0, 0.1) is 11.8 Å². The standard InChI is InChI=1S/C16H27NO2S/c1-12(2)15(11-17-13(3)4)9-14-7-6-8-16(10-14)20(5,18)19/h6-8,10,12-13,15,17H,9,11H2,1-5H3. The van der Waals surface area contributed by atoms with Gasteiger partial charge in [-0.2, -0.15) is 0 Å². The lowest BCUT2D eigenvalue weighted by Crippen LogP contribution is -2.32. The highest BCUT2D eigenvalue weighted by molar-refractivity contribution is 7.90. The summed E-state index contributed by atoms with van der Waals surface area (Å²) in [5.74, 6) is 1.07. The van der Waals surface area contributed by atoms with E-state index in [2.05, 4.69) is 33.0 Å². The molecule has 0 aliphatic heterocycles. The fourth-order valence-electron chi connectivity index (χ4n) is 2.14. The molecule has 0 aromatic heterocycles. The van der Waals surface area contributed by atoms with Crippen LogP contribution >= 0.6 is 0 Å². The number of sulfone groups is 1. The van der Waals surface area contributed by atoms with Crippen molar-refractivity contribution in [3.63, 3.8) is 0 Å². The Kier molecular flexibility index (Phi) is 6.21. The van der Waals surface area contributed by atoms with E-state index in [-0.39, 0.29) is 0 Å². The van der Waals surface area contributed by atoms with E-state index in [9.17, 15) is 8.42 Å². The van der Waals surface area contributed by atoms with E-state index in [0.29, 0.717) is 22.8 Å². The molecule has 0 aliphatic carbocycles. The molecule has 20 heavy (non-hydrogen) atoms. The molecule has 114 valence electrons. The van der Waals surface area contributed by atoms with Gasteiger partial charge >= 0.3 is 0 Å². The molecule has 4 heteroatoms. The average molecular weight is 297 g/mol. The maximum Gasteiger partial charge on any atom is 0.175 e. The molecular formula is C16H27NO2S. The van der Waals surface area contributed by atoms with Crippen LogP contribution in [0.4, 0.5) is 0 Å². The highest BCUT2D eigenvalue weighted by Gasteiger charge is 2.15. The SMILES string of the molecule is CC(C)NCC(Cc1cccc(S(C)(=O)=O)c1)C(C)C. The van der Waals surface area contributed by atoms with Crippen LogP contribution in [0.5, 0.6) is 0 Å². The van der Waals surface area contributed by atoms with Gasteiger partial charge in [-0.15, -0.1) is 0 Å². The second-order valence-electron chi connectivity index (χ2n) is 6.19. The highest BCUT2D eigenvalue weighted by atomic mass is 32.2. The van der Waals surface area contributed by atoms with Crippen molar-refractivity contribution < 1.29 is 8.42 Å². The van der Waals surface area contributed by atoms with Crippen LogP contribution in [0.2, 0.25) is 0 Å². The number of benzene rings is 1. The van der Waals surface area contributed by atoms with Gasteiger partial charge in [-0.05, 0) is 42.5 Å². The molecule has 0 radical (unpaired) electrons. The largest absolute Gasteiger partial charge is 0.314 e. The molecule has 0 spiro atoms. The Morgan fingerprint density at radius 1 is 1.15 bits per heavy atom. The summed E-state index contributed by atoms with van der Waals surface area (Å²) in [6, 6.07) is 7.78. The van der Waals surface area contributed by atoms with Crippen LogP contribution in [-0.4, -0.2) is 27.3 Å². The van der Waals surface area contributed by atoms with E-state index in [1.807, 2.05) is 12.1 Å². The molecule has 0 fully saturated rings. The quantitative estimate of drug-likeness (QED) is 0.842. The van der Waals surface area contributed by atoms with Crippen molar-refractivity contribution >= 4 is 9.84 Å².